The van der Waals surface area contributed by atoms with Crippen LogP contribution in [0, 0.1) is 0 Å². The van der Waals surface area contributed by atoms with E-state index in [1.165, 1.54) is 32.4 Å². The third-order valence-corrected chi connectivity index (χ3v) is 4.06. The van der Waals surface area contributed by atoms with Crippen LogP contribution in [0.25, 0.3) is 22.3 Å². The average Bonchev–Trinajstić information content (AvgIpc) is 2.62. The maximum Gasteiger partial charge on any atom is 0.446 e. The molecule has 0 aliphatic carbocycles. The quantitative estimate of drug-likeness (QED) is 0.626. The van der Waals surface area contributed by atoms with Gasteiger partial charge in [-0.3, -0.25) is 9.35 Å². The zero-order chi connectivity index (χ0) is 19.8. The molecule has 0 saturated carbocycles. The number of hydrogen-bond donors (Lipinski definition) is 2. The van der Waals surface area contributed by atoms with Crippen molar-refractivity contribution in [3.8, 4) is 34.3 Å². The van der Waals surface area contributed by atoms with Crippen molar-refractivity contribution in [3.63, 3.8) is 0 Å². The lowest BCUT2D eigenvalue weighted by molar-refractivity contribution is 0.380. The molecule has 0 bridgehead atoms. The van der Waals surface area contributed by atoms with Gasteiger partial charge < -0.3 is 23.2 Å². The van der Waals surface area contributed by atoms with E-state index in [-0.39, 0.29) is 28.0 Å². The molecule has 1 heterocycles. The highest BCUT2D eigenvalue weighted by molar-refractivity contribution is 7.81. The van der Waals surface area contributed by atoms with Crippen LogP contribution in [0.3, 0.4) is 0 Å². The van der Waals surface area contributed by atoms with E-state index in [2.05, 4.69) is 4.18 Å². The van der Waals surface area contributed by atoms with E-state index in [1.54, 1.807) is 12.1 Å². The van der Waals surface area contributed by atoms with Crippen molar-refractivity contribution in [3.05, 3.63) is 46.6 Å². The zero-order valence-electron chi connectivity index (χ0n) is 14.1. The fourth-order valence-electron chi connectivity index (χ4n) is 2.49. The summed E-state index contributed by atoms with van der Waals surface area (Å²) in [6.45, 7) is 0. The van der Waals surface area contributed by atoms with Gasteiger partial charge in [0.05, 0.1) is 14.2 Å². The number of rotatable bonds is 5. The molecule has 0 spiro atoms. The third-order valence-electron chi connectivity index (χ3n) is 3.68. The molecule has 142 valence electrons. The molecule has 0 aliphatic heterocycles. The number of ether oxygens (including phenoxy) is 2. The zero-order valence-corrected chi connectivity index (χ0v) is 14.9. The van der Waals surface area contributed by atoms with Gasteiger partial charge >= 0.3 is 10.4 Å². The van der Waals surface area contributed by atoms with Crippen molar-refractivity contribution in [2.75, 3.05) is 14.2 Å². The fourth-order valence-corrected chi connectivity index (χ4v) is 2.85. The summed E-state index contributed by atoms with van der Waals surface area (Å²) in [5, 5.41) is 9.77. The minimum atomic E-state index is -5.03. The van der Waals surface area contributed by atoms with Crippen LogP contribution < -0.4 is 19.1 Å². The maximum atomic E-state index is 12.8. The largest absolute Gasteiger partial charge is 0.507 e. The Balaban J connectivity index is 2.37. The number of aromatic hydroxyl groups is 1. The number of methoxy groups -OCH3 is 2. The second-order valence-electron chi connectivity index (χ2n) is 5.35. The van der Waals surface area contributed by atoms with Crippen molar-refractivity contribution in [1.82, 2.24) is 0 Å². The Morgan fingerprint density at radius 3 is 2.19 bits per heavy atom. The smallest absolute Gasteiger partial charge is 0.446 e. The molecule has 0 radical (unpaired) electrons. The summed E-state index contributed by atoms with van der Waals surface area (Å²) >= 11 is 0. The molecule has 2 N–H and O–H groups in total. The minimum absolute atomic E-state index is 0.0645. The number of phenols is 1. The van der Waals surface area contributed by atoms with Gasteiger partial charge in [0.1, 0.15) is 28.2 Å². The van der Waals surface area contributed by atoms with Crippen LogP contribution in [0.4, 0.5) is 0 Å². The molecule has 3 aromatic rings. The Kier molecular flexibility index (Phi) is 4.68. The number of phenolic OH excluding ortho intramolecular Hbond substituents is 1. The molecule has 0 unspecified atom stereocenters. The first-order valence-electron chi connectivity index (χ1n) is 7.42. The molecule has 0 fully saturated rings. The van der Waals surface area contributed by atoms with E-state index in [4.69, 9.17) is 18.4 Å². The number of fused-ring (bicyclic) bond motifs is 1. The lowest BCUT2D eigenvalue weighted by Gasteiger charge is -2.11. The van der Waals surface area contributed by atoms with Gasteiger partial charge in [-0.1, -0.05) is 0 Å². The summed E-state index contributed by atoms with van der Waals surface area (Å²) in [5.41, 5.74) is -0.777. The standard InChI is InChI=1S/C17H14O9S/c1-23-10-5-3-9(4-6-10)16-17(26-27(20,21)22)15(19)14-12(18)7-11(24-2)8-13(14)25-16/h3-8,18H,1-2H3,(H,20,21,22). The second kappa shape index (κ2) is 6.82. The highest BCUT2D eigenvalue weighted by Gasteiger charge is 2.24. The van der Waals surface area contributed by atoms with Gasteiger partial charge in [0.15, 0.2) is 5.76 Å². The first-order valence-corrected chi connectivity index (χ1v) is 8.79. The van der Waals surface area contributed by atoms with Crippen molar-refractivity contribution in [1.29, 1.82) is 0 Å². The molecule has 2 aromatic carbocycles. The summed E-state index contributed by atoms with van der Waals surface area (Å²) in [4.78, 5) is 12.8. The molecule has 0 aliphatic rings. The van der Waals surface area contributed by atoms with Crippen LogP contribution in [0.15, 0.2) is 45.6 Å². The van der Waals surface area contributed by atoms with Crippen LogP contribution in [0.5, 0.6) is 23.0 Å². The molecule has 0 atom stereocenters. The topological polar surface area (TPSA) is 132 Å². The Labute approximate surface area is 153 Å². The van der Waals surface area contributed by atoms with Crippen molar-refractivity contribution >= 4 is 21.4 Å². The van der Waals surface area contributed by atoms with Gasteiger partial charge in [0.25, 0.3) is 0 Å². The maximum absolute atomic E-state index is 12.8. The first kappa shape index (κ1) is 18.5. The Morgan fingerprint density at radius 1 is 1.00 bits per heavy atom. The highest BCUT2D eigenvalue weighted by Crippen LogP contribution is 2.36. The van der Waals surface area contributed by atoms with E-state index in [0.717, 1.165) is 6.07 Å². The Bertz CT molecular complexity index is 1160. The number of benzene rings is 2. The summed E-state index contributed by atoms with van der Waals surface area (Å²) < 4.78 is 51.6. The normalized spacial score (nSPS) is 11.4. The molecule has 1 aromatic heterocycles. The molecule has 0 saturated heterocycles. The predicted molar refractivity (Wildman–Crippen MR) is 94.9 cm³/mol. The third kappa shape index (κ3) is 3.66. The lowest BCUT2D eigenvalue weighted by atomic mass is 10.1. The van der Waals surface area contributed by atoms with Gasteiger partial charge in [-0.15, -0.1) is 0 Å². The number of hydrogen-bond acceptors (Lipinski definition) is 8. The van der Waals surface area contributed by atoms with Gasteiger partial charge in [0.2, 0.25) is 11.2 Å². The molecule has 0 amide bonds. The van der Waals surface area contributed by atoms with Crippen molar-refractivity contribution in [2.24, 2.45) is 0 Å². The predicted octanol–water partition coefficient (Wildman–Crippen LogP) is 2.36. The van der Waals surface area contributed by atoms with E-state index >= 15 is 0 Å². The van der Waals surface area contributed by atoms with Crippen LogP contribution in [-0.2, 0) is 10.4 Å². The molecular weight excluding hydrogens is 380 g/mol. The van der Waals surface area contributed by atoms with Crippen molar-refractivity contribution in [2.45, 2.75) is 0 Å². The van der Waals surface area contributed by atoms with E-state index < -0.39 is 27.3 Å². The Morgan fingerprint density at radius 2 is 1.63 bits per heavy atom. The Hall–Kier alpha value is -3.24. The lowest BCUT2D eigenvalue weighted by Crippen LogP contribution is -2.15. The summed E-state index contributed by atoms with van der Waals surface area (Å²) in [6.07, 6.45) is 0. The van der Waals surface area contributed by atoms with Crippen LogP contribution in [-0.4, -0.2) is 32.3 Å². The van der Waals surface area contributed by atoms with E-state index in [9.17, 15) is 18.3 Å². The first-order chi connectivity index (χ1) is 12.7. The average molecular weight is 394 g/mol. The highest BCUT2D eigenvalue weighted by atomic mass is 32.3. The van der Waals surface area contributed by atoms with E-state index in [0.29, 0.717) is 5.75 Å². The molecule has 27 heavy (non-hydrogen) atoms. The fraction of sp³-hybridized carbons (Fsp3) is 0.118. The monoisotopic (exact) mass is 394 g/mol. The van der Waals surface area contributed by atoms with Gasteiger partial charge in [-0.05, 0) is 24.3 Å². The molecule has 3 rings (SSSR count). The van der Waals surface area contributed by atoms with Gasteiger partial charge in [-0.2, -0.15) is 8.42 Å². The van der Waals surface area contributed by atoms with Crippen LogP contribution in [0.2, 0.25) is 0 Å². The SMILES string of the molecule is COc1ccc(-c2oc3cc(OC)cc(O)c3c(=O)c2OS(=O)(=O)O)cc1. The van der Waals surface area contributed by atoms with Gasteiger partial charge in [0, 0.05) is 17.7 Å². The van der Waals surface area contributed by atoms with Crippen LogP contribution in [0.1, 0.15) is 0 Å². The van der Waals surface area contributed by atoms with Crippen LogP contribution >= 0.6 is 0 Å². The minimum Gasteiger partial charge on any atom is -0.507 e. The second-order valence-corrected chi connectivity index (χ2v) is 6.37. The molecule has 10 heteroatoms. The van der Waals surface area contributed by atoms with E-state index in [1.807, 2.05) is 0 Å². The summed E-state index contributed by atoms with van der Waals surface area (Å²) in [6, 6.07) is 8.61. The summed E-state index contributed by atoms with van der Waals surface area (Å²) in [7, 11) is -2.20. The molecular formula is C17H14O9S. The van der Waals surface area contributed by atoms with Gasteiger partial charge in [-0.25, -0.2) is 0 Å². The van der Waals surface area contributed by atoms with Crippen molar-refractivity contribution < 1.29 is 36.2 Å². The molecule has 9 nitrogen and oxygen atoms in total. The summed E-state index contributed by atoms with van der Waals surface area (Å²) in [5.74, 6) is -0.832.